The number of hydrogen-bond donors (Lipinski definition) is 3. The molecule has 2 aromatic carbocycles. The van der Waals surface area contributed by atoms with Crippen LogP contribution in [-0.4, -0.2) is 69.7 Å². The highest BCUT2D eigenvalue weighted by atomic mass is 19.1. The minimum atomic E-state index is -0.767. The molecule has 0 spiro atoms. The SMILES string of the molecule is CNCC1(O)CCN(C(=O)c2ccc(Nc3nccn4c(-c5ccc(OC)c(F)c5)cnc34)cc2C)CC1. The van der Waals surface area contributed by atoms with E-state index in [0.717, 1.165) is 11.3 Å². The van der Waals surface area contributed by atoms with E-state index < -0.39 is 11.4 Å². The van der Waals surface area contributed by atoms with Gasteiger partial charge in [-0.3, -0.25) is 9.20 Å². The molecule has 5 rings (SSSR count). The molecule has 3 N–H and O–H groups in total. The number of likely N-dealkylation sites (N-methyl/N-ethyl adjacent to an activating group) is 1. The normalized spacial score (nSPS) is 15.0. The first-order valence-electron chi connectivity index (χ1n) is 12.5. The summed E-state index contributed by atoms with van der Waals surface area (Å²) in [6.45, 7) is 3.45. The van der Waals surface area contributed by atoms with Crippen molar-refractivity contribution in [3.63, 3.8) is 0 Å². The number of hydrogen-bond acceptors (Lipinski definition) is 7. The minimum absolute atomic E-state index is 0.0367. The van der Waals surface area contributed by atoms with Crippen LogP contribution in [0.5, 0.6) is 5.75 Å². The lowest BCUT2D eigenvalue weighted by molar-refractivity contribution is -0.0143. The van der Waals surface area contributed by atoms with Crippen molar-refractivity contribution in [3.8, 4) is 17.0 Å². The summed E-state index contributed by atoms with van der Waals surface area (Å²) in [6.07, 6.45) is 6.19. The number of piperidine rings is 1. The number of fused-ring (bicyclic) bond motifs is 1. The van der Waals surface area contributed by atoms with Crippen LogP contribution in [0.3, 0.4) is 0 Å². The van der Waals surface area contributed by atoms with Gasteiger partial charge in [0, 0.05) is 48.8 Å². The summed E-state index contributed by atoms with van der Waals surface area (Å²) >= 11 is 0. The Labute approximate surface area is 220 Å². The predicted octanol–water partition coefficient (Wildman–Crippen LogP) is 3.78. The molecule has 0 aliphatic carbocycles. The lowest BCUT2D eigenvalue weighted by Gasteiger charge is -2.38. The summed E-state index contributed by atoms with van der Waals surface area (Å²) < 4.78 is 21.2. The number of halogens is 1. The number of aromatic nitrogens is 3. The fraction of sp³-hybridized carbons (Fsp3) is 0.321. The molecule has 9 nitrogen and oxygen atoms in total. The standard InChI is InChI=1S/C28H31FN6O3/c1-18-14-20(5-6-21(18)27(36)34-11-8-28(37,9-12-34)17-30-2)33-25-26-32-16-23(35(26)13-10-31-25)19-4-7-24(38-3)22(29)15-19/h4-7,10,13-16,30,37H,8-9,11-12,17H2,1-3H3,(H,31,33). The third kappa shape index (κ3) is 4.92. The van der Waals surface area contributed by atoms with Crippen LogP contribution >= 0.6 is 0 Å². The molecule has 3 heterocycles. The van der Waals surface area contributed by atoms with Crippen LogP contribution in [0.2, 0.25) is 0 Å². The maximum atomic E-state index is 14.3. The number of methoxy groups -OCH3 is 1. The number of anilines is 2. The molecule has 0 bridgehead atoms. The summed E-state index contributed by atoms with van der Waals surface area (Å²) in [6, 6.07) is 10.3. The predicted molar refractivity (Wildman–Crippen MR) is 143 cm³/mol. The van der Waals surface area contributed by atoms with Crippen LogP contribution in [0, 0.1) is 12.7 Å². The summed E-state index contributed by atoms with van der Waals surface area (Å²) in [7, 11) is 3.25. The van der Waals surface area contributed by atoms with Gasteiger partial charge >= 0.3 is 0 Å². The second-order valence-electron chi connectivity index (χ2n) is 9.66. The van der Waals surface area contributed by atoms with Crippen LogP contribution < -0.4 is 15.4 Å². The first kappa shape index (κ1) is 25.6. The average molecular weight is 519 g/mol. The summed E-state index contributed by atoms with van der Waals surface area (Å²) in [5, 5.41) is 16.9. The van der Waals surface area contributed by atoms with E-state index in [4.69, 9.17) is 4.74 Å². The number of benzene rings is 2. The molecule has 0 atom stereocenters. The van der Waals surface area contributed by atoms with Crippen molar-refractivity contribution < 1.29 is 19.0 Å². The molecule has 1 fully saturated rings. The molecule has 198 valence electrons. The van der Waals surface area contributed by atoms with Crippen molar-refractivity contribution in [2.75, 3.05) is 39.1 Å². The maximum absolute atomic E-state index is 14.3. The van der Waals surface area contributed by atoms with E-state index in [9.17, 15) is 14.3 Å². The van der Waals surface area contributed by atoms with Crippen molar-refractivity contribution in [3.05, 3.63) is 71.9 Å². The van der Waals surface area contributed by atoms with E-state index in [2.05, 4.69) is 20.6 Å². The van der Waals surface area contributed by atoms with Crippen LogP contribution in [-0.2, 0) is 0 Å². The minimum Gasteiger partial charge on any atom is -0.494 e. The van der Waals surface area contributed by atoms with Gasteiger partial charge in [-0.1, -0.05) is 0 Å². The van der Waals surface area contributed by atoms with Gasteiger partial charge in [0.05, 0.1) is 24.6 Å². The quantitative estimate of drug-likeness (QED) is 0.342. The zero-order valence-electron chi connectivity index (χ0n) is 21.7. The number of imidazole rings is 1. The van der Waals surface area contributed by atoms with Crippen molar-refractivity contribution in [1.82, 2.24) is 24.6 Å². The van der Waals surface area contributed by atoms with Crippen LogP contribution in [0.4, 0.5) is 15.9 Å². The van der Waals surface area contributed by atoms with Gasteiger partial charge in [-0.05, 0) is 68.8 Å². The Hall–Kier alpha value is -4.02. The molecule has 4 aromatic rings. The van der Waals surface area contributed by atoms with Crippen molar-refractivity contribution in [2.24, 2.45) is 0 Å². The Morgan fingerprint density at radius 2 is 1.97 bits per heavy atom. The molecule has 1 aliphatic rings. The number of carbonyl (C=O) groups excluding carboxylic acids is 1. The first-order chi connectivity index (χ1) is 18.3. The second kappa shape index (κ2) is 10.4. The number of aryl methyl sites for hydroxylation is 1. The molecular weight excluding hydrogens is 487 g/mol. The van der Waals surface area contributed by atoms with Gasteiger partial charge in [-0.2, -0.15) is 0 Å². The van der Waals surface area contributed by atoms with E-state index in [1.54, 1.807) is 35.6 Å². The lowest BCUT2D eigenvalue weighted by Crippen LogP contribution is -2.50. The van der Waals surface area contributed by atoms with Crippen molar-refractivity contribution >= 4 is 23.1 Å². The number of aliphatic hydroxyl groups is 1. The Bertz CT molecular complexity index is 1480. The number of carbonyl (C=O) groups is 1. The Morgan fingerprint density at radius 1 is 1.18 bits per heavy atom. The average Bonchev–Trinajstić information content (AvgIpc) is 3.34. The van der Waals surface area contributed by atoms with E-state index in [1.807, 2.05) is 36.6 Å². The molecular formula is C28H31FN6O3. The topological polar surface area (TPSA) is 104 Å². The summed E-state index contributed by atoms with van der Waals surface area (Å²) in [4.78, 5) is 24.0. The maximum Gasteiger partial charge on any atom is 0.254 e. The van der Waals surface area contributed by atoms with E-state index in [1.165, 1.54) is 13.2 Å². The second-order valence-corrected chi connectivity index (χ2v) is 9.66. The molecule has 1 saturated heterocycles. The number of ether oxygens (including phenoxy) is 1. The highest BCUT2D eigenvalue weighted by Gasteiger charge is 2.33. The van der Waals surface area contributed by atoms with Gasteiger partial charge in [-0.15, -0.1) is 0 Å². The van der Waals surface area contributed by atoms with Crippen LogP contribution in [0.25, 0.3) is 16.9 Å². The molecule has 0 radical (unpaired) electrons. The van der Waals surface area contributed by atoms with Gasteiger partial charge in [0.15, 0.2) is 23.0 Å². The van der Waals surface area contributed by atoms with Gasteiger partial charge in [-0.25, -0.2) is 14.4 Å². The summed E-state index contributed by atoms with van der Waals surface area (Å²) in [5.74, 6) is 0.228. The van der Waals surface area contributed by atoms with E-state index in [-0.39, 0.29) is 11.7 Å². The zero-order chi connectivity index (χ0) is 26.9. The molecule has 0 saturated carbocycles. The van der Waals surface area contributed by atoms with Crippen molar-refractivity contribution in [2.45, 2.75) is 25.4 Å². The molecule has 2 aromatic heterocycles. The van der Waals surface area contributed by atoms with Gasteiger partial charge in [0.2, 0.25) is 0 Å². The molecule has 38 heavy (non-hydrogen) atoms. The van der Waals surface area contributed by atoms with E-state index in [0.29, 0.717) is 60.8 Å². The fourth-order valence-corrected chi connectivity index (χ4v) is 4.97. The highest BCUT2D eigenvalue weighted by Crippen LogP contribution is 2.29. The Balaban J connectivity index is 1.34. The van der Waals surface area contributed by atoms with Gasteiger partial charge < -0.3 is 25.4 Å². The Kier molecular flexibility index (Phi) is 7.00. The number of likely N-dealkylation sites (tertiary alicyclic amines) is 1. The first-order valence-corrected chi connectivity index (χ1v) is 12.5. The monoisotopic (exact) mass is 518 g/mol. The fourth-order valence-electron chi connectivity index (χ4n) is 4.97. The van der Waals surface area contributed by atoms with Crippen LogP contribution in [0.15, 0.2) is 55.0 Å². The third-order valence-electron chi connectivity index (χ3n) is 7.08. The van der Waals surface area contributed by atoms with Gasteiger partial charge in [0.25, 0.3) is 5.91 Å². The lowest BCUT2D eigenvalue weighted by atomic mass is 9.91. The third-order valence-corrected chi connectivity index (χ3v) is 7.08. The zero-order valence-corrected chi connectivity index (χ0v) is 21.7. The Morgan fingerprint density at radius 3 is 2.66 bits per heavy atom. The molecule has 1 aliphatic heterocycles. The van der Waals surface area contributed by atoms with Crippen molar-refractivity contribution in [1.29, 1.82) is 0 Å². The number of rotatable bonds is 7. The van der Waals surface area contributed by atoms with Crippen LogP contribution in [0.1, 0.15) is 28.8 Å². The smallest absolute Gasteiger partial charge is 0.254 e. The number of nitrogens with one attached hydrogen (secondary N) is 2. The molecule has 10 heteroatoms. The molecule has 0 unspecified atom stereocenters. The van der Waals surface area contributed by atoms with Gasteiger partial charge in [0.1, 0.15) is 0 Å². The largest absolute Gasteiger partial charge is 0.494 e. The molecule has 1 amide bonds. The number of nitrogens with zero attached hydrogens (tertiary/aromatic N) is 4. The number of amides is 1. The highest BCUT2D eigenvalue weighted by molar-refractivity contribution is 5.96. The van der Waals surface area contributed by atoms with E-state index >= 15 is 0 Å². The summed E-state index contributed by atoms with van der Waals surface area (Å²) in [5.41, 5.74) is 3.42.